The molecule has 0 saturated carbocycles. The third-order valence-corrected chi connectivity index (χ3v) is 6.15. The van der Waals surface area contributed by atoms with E-state index >= 15 is 0 Å². The van der Waals surface area contributed by atoms with E-state index in [4.69, 9.17) is 4.74 Å². The lowest BCUT2D eigenvalue weighted by Gasteiger charge is -2.21. The van der Waals surface area contributed by atoms with Crippen LogP contribution < -0.4 is 4.74 Å². The molecule has 0 saturated heterocycles. The summed E-state index contributed by atoms with van der Waals surface area (Å²) in [6, 6.07) is 21.6. The number of hydrogen-bond acceptors (Lipinski definition) is 4. The first-order valence-electron chi connectivity index (χ1n) is 10.2. The van der Waals surface area contributed by atoms with Crippen LogP contribution in [0.3, 0.4) is 0 Å². The predicted octanol–water partition coefficient (Wildman–Crippen LogP) is 5.30. The molecule has 0 radical (unpaired) electrons. The van der Waals surface area contributed by atoms with Crippen molar-refractivity contribution in [3.05, 3.63) is 95.9 Å². The molecule has 6 heteroatoms. The normalized spacial score (nSPS) is 10.9. The lowest BCUT2D eigenvalue weighted by molar-refractivity contribution is 0.0752. The van der Waals surface area contributed by atoms with Crippen molar-refractivity contribution in [1.29, 1.82) is 0 Å². The summed E-state index contributed by atoms with van der Waals surface area (Å²) in [6.45, 7) is 3.22. The number of carbonyl (C=O) groups excluding carboxylic acids is 1. The Hall–Kier alpha value is -3.25. The number of benzene rings is 2. The molecule has 0 aliphatic heterocycles. The lowest BCUT2D eigenvalue weighted by atomic mass is 10.1. The van der Waals surface area contributed by atoms with E-state index in [9.17, 15) is 4.79 Å². The maximum Gasteiger partial charge on any atom is 0.254 e. The van der Waals surface area contributed by atoms with Crippen molar-refractivity contribution in [2.75, 3.05) is 13.7 Å². The van der Waals surface area contributed by atoms with Crippen LogP contribution in [0.1, 0.15) is 28.5 Å². The predicted molar refractivity (Wildman–Crippen MR) is 125 cm³/mol. The molecule has 158 valence electrons. The molecule has 0 bridgehead atoms. The maximum atomic E-state index is 13.0. The molecule has 1 amide bonds. The molecule has 2 heterocycles. The zero-order chi connectivity index (χ0) is 21.6. The molecule has 0 aliphatic carbocycles. The fourth-order valence-corrected chi connectivity index (χ4v) is 4.15. The molecule has 2 aromatic heterocycles. The molecule has 5 nitrogen and oxygen atoms in total. The summed E-state index contributed by atoms with van der Waals surface area (Å²) >= 11 is 1.72. The Kier molecular flexibility index (Phi) is 6.57. The van der Waals surface area contributed by atoms with Crippen LogP contribution in [0.25, 0.3) is 5.65 Å². The van der Waals surface area contributed by atoms with Crippen LogP contribution in [0.5, 0.6) is 5.75 Å². The molecule has 0 fully saturated rings. The second-order valence-corrected chi connectivity index (χ2v) is 8.23. The van der Waals surface area contributed by atoms with Gasteiger partial charge in [-0.05, 0) is 61.0 Å². The second-order valence-electron chi connectivity index (χ2n) is 7.18. The number of rotatable bonds is 8. The van der Waals surface area contributed by atoms with Gasteiger partial charge in [0.05, 0.1) is 12.8 Å². The first-order valence-corrected chi connectivity index (χ1v) is 11.2. The Morgan fingerprint density at radius 2 is 1.84 bits per heavy atom. The van der Waals surface area contributed by atoms with Crippen LogP contribution in [0.15, 0.2) is 84.0 Å². The minimum atomic E-state index is 0.0372. The number of nitrogens with zero attached hydrogens (tertiary/aromatic N) is 3. The maximum absolute atomic E-state index is 13.0. The van der Waals surface area contributed by atoms with Crippen LogP contribution in [0, 0.1) is 0 Å². The molecule has 0 aliphatic rings. The topological polar surface area (TPSA) is 46.8 Å². The fraction of sp³-hybridized carbons (Fsp3) is 0.200. The van der Waals surface area contributed by atoms with Crippen molar-refractivity contribution in [2.24, 2.45) is 0 Å². The summed E-state index contributed by atoms with van der Waals surface area (Å²) in [6.07, 6.45) is 4.06. The van der Waals surface area contributed by atoms with Gasteiger partial charge < -0.3 is 14.0 Å². The van der Waals surface area contributed by atoms with E-state index < -0.39 is 0 Å². The average Bonchev–Trinajstić information content (AvgIpc) is 3.24. The van der Waals surface area contributed by atoms with Crippen molar-refractivity contribution in [2.45, 2.75) is 24.1 Å². The van der Waals surface area contributed by atoms with Crippen LogP contribution in [-0.2, 0) is 12.3 Å². The molecule has 4 aromatic rings. The smallest absolute Gasteiger partial charge is 0.254 e. The summed E-state index contributed by atoms with van der Waals surface area (Å²) in [5.41, 5.74) is 3.77. The van der Waals surface area contributed by atoms with Gasteiger partial charge in [-0.3, -0.25) is 4.79 Å². The number of pyridine rings is 1. The fourth-order valence-electron chi connectivity index (χ4n) is 3.37. The number of imidazole rings is 1. The Morgan fingerprint density at radius 1 is 1.06 bits per heavy atom. The highest BCUT2D eigenvalue weighted by atomic mass is 32.2. The number of amides is 1. The molecular formula is C25H25N3O2S. The molecule has 0 unspecified atom stereocenters. The van der Waals surface area contributed by atoms with Gasteiger partial charge in [0.1, 0.15) is 11.4 Å². The summed E-state index contributed by atoms with van der Waals surface area (Å²) in [7, 11) is 1.65. The summed E-state index contributed by atoms with van der Waals surface area (Å²) in [5.74, 6) is 1.64. The van der Waals surface area contributed by atoms with E-state index in [1.54, 1.807) is 18.9 Å². The first-order chi connectivity index (χ1) is 15.2. The standard InChI is InChI=1S/C25H25N3O2S/c1-3-27(16-19-7-11-22(30-2)12-8-19)25(29)20-9-13-23(14-10-20)31-18-21-17-28-15-5-4-6-24(28)26-21/h4-15,17H,3,16,18H2,1-2H3. The number of ether oxygens (including phenoxy) is 1. The van der Waals surface area contributed by atoms with E-state index in [-0.39, 0.29) is 5.91 Å². The van der Waals surface area contributed by atoms with Gasteiger partial charge >= 0.3 is 0 Å². The number of thioether (sulfide) groups is 1. The summed E-state index contributed by atoms with van der Waals surface area (Å²) in [5, 5.41) is 0. The molecule has 0 atom stereocenters. The van der Waals surface area contributed by atoms with E-state index in [0.29, 0.717) is 18.7 Å². The third-order valence-electron chi connectivity index (χ3n) is 5.10. The van der Waals surface area contributed by atoms with Crippen LogP contribution in [0.2, 0.25) is 0 Å². The molecule has 2 aromatic carbocycles. The number of aromatic nitrogens is 2. The molecule has 0 spiro atoms. The van der Waals surface area contributed by atoms with Crippen LogP contribution >= 0.6 is 11.8 Å². The van der Waals surface area contributed by atoms with Crippen molar-refractivity contribution < 1.29 is 9.53 Å². The average molecular weight is 432 g/mol. The highest BCUT2D eigenvalue weighted by Crippen LogP contribution is 2.24. The van der Waals surface area contributed by atoms with Gasteiger partial charge in [0, 0.05) is 41.7 Å². The van der Waals surface area contributed by atoms with E-state index in [1.807, 2.05) is 89.2 Å². The van der Waals surface area contributed by atoms with Crippen molar-refractivity contribution in [1.82, 2.24) is 14.3 Å². The Bertz CT molecular complexity index is 1120. The van der Waals surface area contributed by atoms with E-state index in [2.05, 4.69) is 11.2 Å². The molecule has 0 N–H and O–H groups in total. The van der Waals surface area contributed by atoms with E-state index in [0.717, 1.165) is 33.3 Å². The number of carbonyl (C=O) groups is 1. The third kappa shape index (κ3) is 5.09. The van der Waals surface area contributed by atoms with Crippen molar-refractivity contribution in [3.63, 3.8) is 0 Å². The number of fused-ring (bicyclic) bond motifs is 1. The SMILES string of the molecule is CCN(Cc1ccc(OC)cc1)C(=O)c1ccc(SCc2cn3ccccc3n2)cc1. The quantitative estimate of drug-likeness (QED) is 0.355. The van der Waals surface area contributed by atoms with Gasteiger partial charge in [0.15, 0.2) is 0 Å². The van der Waals surface area contributed by atoms with Crippen molar-refractivity contribution >= 4 is 23.3 Å². The van der Waals surface area contributed by atoms with Crippen LogP contribution in [0.4, 0.5) is 0 Å². The lowest BCUT2D eigenvalue weighted by Crippen LogP contribution is -2.30. The van der Waals surface area contributed by atoms with Gasteiger partial charge in [0.25, 0.3) is 5.91 Å². The monoisotopic (exact) mass is 431 g/mol. The van der Waals surface area contributed by atoms with Gasteiger partial charge in [-0.25, -0.2) is 4.98 Å². The zero-order valence-electron chi connectivity index (χ0n) is 17.7. The Labute approximate surface area is 186 Å². The minimum Gasteiger partial charge on any atom is -0.497 e. The summed E-state index contributed by atoms with van der Waals surface area (Å²) in [4.78, 5) is 20.6. The van der Waals surface area contributed by atoms with Gasteiger partial charge in [-0.2, -0.15) is 0 Å². The van der Waals surface area contributed by atoms with Crippen molar-refractivity contribution in [3.8, 4) is 5.75 Å². The zero-order valence-corrected chi connectivity index (χ0v) is 18.5. The minimum absolute atomic E-state index is 0.0372. The summed E-state index contributed by atoms with van der Waals surface area (Å²) < 4.78 is 7.23. The number of methoxy groups -OCH3 is 1. The van der Waals surface area contributed by atoms with Gasteiger partial charge in [-0.15, -0.1) is 11.8 Å². The highest BCUT2D eigenvalue weighted by molar-refractivity contribution is 7.98. The second kappa shape index (κ2) is 9.71. The Balaban J connectivity index is 1.37. The molecular weight excluding hydrogens is 406 g/mol. The molecule has 4 rings (SSSR count). The molecule has 31 heavy (non-hydrogen) atoms. The first kappa shape index (κ1) is 21.0. The Morgan fingerprint density at radius 3 is 2.52 bits per heavy atom. The highest BCUT2D eigenvalue weighted by Gasteiger charge is 2.15. The number of hydrogen-bond donors (Lipinski definition) is 0. The van der Waals surface area contributed by atoms with Gasteiger partial charge in [-0.1, -0.05) is 18.2 Å². The van der Waals surface area contributed by atoms with E-state index in [1.165, 1.54) is 0 Å². The van der Waals surface area contributed by atoms with Gasteiger partial charge in [0.2, 0.25) is 0 Å². The largest absolute Gasteiger partial charge is 0.497 e. The van der Waals surface area contributed by atoms with Crippen LogP contribution in [-0.4, -0.2) is 33.8 Å².